The molecular formula is C16H23NO2. The molecule has 0 aliphatic heterocycles. The highest BCUT2D eigenvalue weighted by Gasteiger charge is 2.19. The molecule has 0 heterocycles. The first-order valence-electron chi connectivity index (χ1n) is 7.00. The lowest BCUT2D eigenvalue weighted by Gasteiger charge is -2.19. The van der Waals surface area contributed by atoms with Gasteiger partial charge >= 0.3 is 0 Å². The quantitative estimate of drug-likeness (QED) is 0.688. The van der Waals surface area contributed by atoms with E-state index >= 15 is 0 Å². The predicted octanol–water partition coefficient (Wildman–Crippen LogP) is 2.24. The number of nitrogens with one attached hydrogen (secondary N) is 1. The summed E-state index contributed by atoms with van der Waals surface area (Å²) in [5, 5.41) is 21.9. The standard InChI is InChI=1S/C16H23NO2/c1-12(17-15-7-4-14(10-15)11-18)2-3-13-5-8-16(19)9-6-13/h4-9,12,14-15,17-19H,2-3,10-11H2,1H3/t12?,14-,15+/m0/s1. The van der Waals surface area contributed by atoms with Crippen molar-refractivity contribution >= 4 is 0 Å². The van der Waals surface area contributed by atoms with Gasteiger partial charge in [0.25, 0.3) is 0 Å². The maximum atomic E-state index is 9.23. The number of hydrogen-bond acceptors (Lipinski definition) is 3. The highest BCUT2D eigenvalue weighted by Crippen LogP contribution is 2.18. The molecule has 1 unspecified atom stereocenters. The molecule has 3 N–H and O–H groups in total. The topological polar surface area (TPSA) is 52.5 Å². The van der Waals surface area contributed by atoms with Crippen molar-refractivity contribution in [3.63, 3.8) is 0 Å². The van der Waals surface area contributed by atoms with Crippen molar-refractivity contribution in [2.24, 2.45) is 5.92 Å². The average molecular weight is 261 g/mol. The summed E-state index contributed by atoms with van der Waals surface area (Å²) in [4.78, 5) is 0. The molecule has 1 aliphatic carbocycles. The van der Waals surface area contributed by atoms with Gasteiger partial charge in [-0.3, -0.25) is 0 Å². The fourth-order valence-electron chi connectivity index (χ4n) is 2.53. The molecule has 0 amide bonds. The van der Waals surface area contributed by atoms with E-state index in [4.69, 9.17) is 5.11 Å². The van der Waals surface area contributed by atoms with E-state index in [1.54, 1.807) is 12.1 Å². The smallest absolute Gasteiger partial charge is 0.115 e. The van der Waals surface area contributed by atoms with Gasteiger partial charge in [0.15, 0.2) is 0 Å². The van der Waals surface area contributed by atoms with E-state index in [2.05, 4.69) is 24.4 Å². The highest BCUT2D eigenvalue weighted by molar-refractivity contribution is 5.25. The third kappa shape index (κ3) is 4.37. The summed E-state index contributed by atoms with van der Waals surface area (Å²) in [7, 11) is 0. The maximum Gasteiger partial charge on any atom is 0.115 e. The number of phenols is 1. The highest BCUT2D eigenvalue weighted by atomic mass is 16.3. The number of aryl methyl sites for hydroxylation is 1. The van der Waals surface area contributed by atoms with Crippen LogP contribution in [0, 0.1) is 5.92 Å². The second-order valence-corrected chi connectivity index (χ2v) is 5.44. The van der Waals surface area contributed by atoms with Crippen LogP contribution < -0.4 is 5.32 Å². The van der Waals surface area contributed by atoms with E-state index in [1.165, 1.54) is 5.56 Å². The van der Waals surface area contributed by atoms with E-state index in [-0.39, 0.29) is 6.61 Å². The van der Waals surface area contributed by atoms with E-state index in [0.29, 0.717) is 23.8 Å². The van der Waals surface area contributed by atoms with E-state index < -0.39 is 0 Å². The zero-order valence-corrected chi connectivity index (χ0v) is 11.4. The second kappa shape index (κ2) is 6.73. The summed E-state index contributed by atoms with van der Waals surface area (Å²) in [5.41, 5.74) is 1.25. The Labute approximate surface area is 115 Å². The van der Waals surface area contributed by atoms with Crippen LogP contribution in [-0.4, -0.2) is 28.9 Å². The van der Waals surface area contributed by atoms with E-state index in [9.17, 15) is 5.11 Å². The summed E-state index contributed by atoms with van der Waals surface area (Å²) < 4.78 is 0. The van der Waals surface area contributed by atoms with Crippen molar-refractivity contribution in [2.75, 3.05) is 6.61 Å². The number of phenolic OH excluding ortho intramolecular Hbond substituents is 1. The Bertz CT molecular complexity index is 413. The van der Waals surface area contributed by atoms with Crippen LogP contribution in [0.15, 0.2) is 36.4 Å². The molecule has 1 aliphatic rings. The summed E-state index contributed by atoms with van der Waals surface area (Å²) >= 11 is 0. The lowest BCUT2D eigenvalue weighted by molar-refractivity contribution is 0.244. The monoisotopic (exact) mass is 261 g/mol. The van der Waals surface area contributed by atoms with Crippen molar-refractivity contribution < 1.29 is 10.2 Å². The van der Waals surface area contributed by atoms with Crippen LogP contribution in [-0.2, 0) is 6.42 Å². The van der Waals surface area contributed by atoms with Gasteiger partial charge in [-0.25, -0.2) is 0 Å². The van der Waals surface area contributed by atoms with Crippen molar-refractivity contribution in [2.45, 2.75) is 38.3 Å². The Hall–Kier alpha value is -1.32. The second-order valence-electron chi connectivity index (χ2n) is 5.44. The third-order valence-electron chi connectivity index (χ3n) is 3.71. The van der Waals surface area contributed by atoms with Crippen molar-refractivity contribution in [1.82, 2.24) is 5.32 Å². The molecule has 0 fully saturated rings. The SMILES string of the molecule is CC(CCc1ccc(O)cc1)N[C@@H]1C=C[C@H](CO)C1. The van der Waals surface area contributed by atoms with Crippen LogP contribution in [0.2, 0.25) is 0 Å². The summed E-state index contributed by atoms with van der Waals surface area (Å²) in [6.07, 6.45) is 7.34. The minimum atomic E-state index is 0.247. The first-order chi connectivity index (χ1) is 9.17. The number of hydrogen-bond donors (Lipinski definition) is 3. The zero-order chi connectivity index (χ0) is 13.7. The first-order valence-corrected chi connectivity index (χ1v) is 7.00. The molecule has 0 bridgehead atoms. The minimum Gasteiger partial charge on any atom is -0.508 e. The van der Waals surface area contributed by atoms with Crippen LogP contribution in [0.25, 0.3) is 0 Å². The Morgan fingerprint density at radius 3 is 2.63 bits per heavy atom. The molecule has 0 saturated heterocycles. The van der Waals surface area contributed by atoms with Crippen LogP contribution in [0.4, 0.5) is 0 Å². The van der Waals surface area contributed by atoms with Crippen LogP contribution in [0.5, 0.6) is 5.75 Å². The molecule has 1 aromatic rings. The predicted molar refractivity (Wildman–Crippen MR) is 77.1 cm³/mol. The fourth-order valence-corrected chi connectivity index (χ4v) is 2.53. The van der Waals surface area contributed by atoms with Gasteiger partial charge in [0.1, 0.15) is 5.75 Å². The summed E-state index contributed by atoms with van der Waals surface area (Å²) in [5.74, 6) is 0.642. The summed E-state index contributed by atoms with van der Waals surface area (Å²) in [6.45, 7) is 2.44. The average Bonchev–Trinajstić information content (AvgIpc) is 2.86. The van der Waals surface area contributed by atoms with Crippen molar-refractivity contribution in [3.8, 4) is 5.75 Å². The molecule has 1 aromatic carbocycles. The maximum absolute atomic E-state index is 9.23. The number of aliphatic hydroxyl groups excluding tert-OH is 1. The number of aliphatic hydroxyl groups is 1. The zero-order valence-electron chi connectivity index (χ0n) is 11.4. The number of benzene rings is 1. The van der Waals surface area contributed by atoms with Gasteiger partial charge in [0, 0.05) is 24.6 Å². The fraction of sp³-hybridized carbons (Fsp3) is 0.500. The molecule has 0 radical (unpaired) electrons. The molecule has 2 rings (SSSR count). The van der Waals surface area contributed by atoms with Crippen LogP contribution >= 0.6 is 0 Å². The van der Waals surface area contributed by atoms with Gasteiger partial charge in [-0.05, 0) is 43.9 Å². The molecule has 0 aromatic heterocycles. The van der Waals surface area contributed by atoms with Gasteiger partial charge in [0.2, 0.25) is 0 Å². The van der Waals surface area contributed by atoms with E-state index in [0.717, 1.165) is 19.3 Å². The first kappa shape index (κ1) is 14.1. The normalized spacial score (nSPS) is 23.7. The third-order valence-corrected chi connectivity index (χ3v) is 3.71. The van der Waals surface area contributed by atoms with Crippen LogP contribution in [0.3, 0.4) is 0 Å². The number of aromatic hydroxyl groups is 1. The molecule has 0 saturated carbocycles. The molecule has 3 heteroatoms. The van der Waals surface area contributed by atoms with Crippen molar-refractivity contribution in [3.05, 3.63) is 42.0 Å². The molecule has 19 heavy (non-hydrogen) atoms. The number of rotatable bonds is 6. The summed E-state index contributed by atoms with van der Waals surface area (Å²) in [6, 6.07) is 8.25. The molecule has 0 spiro atoms. The Morgan fingerprint density at radius 1 is 1.26 bits per heavy atom. The molecular weight excluding hydrogens is 238 g/mol. The Balaban J connectivity index is 1.71. The van der Waals surface area contributed by atoms with Gasteiger partial charge < -0.3 is 15.5 Å². The Morgan fingerprint density at radius 2 is 2.00 bits per heavy atom. The lowest BCUT2D eigenvalue weighted by Crippen LogP contribution is -2.35. The van der Waals surface area contributed by atoms with Gasteiger partial charge in [0.05, 0.1) is 0 Å². The van der Waals surface area contributed by atoms with Gasteiger partial charge in [-0.15, -0.1) is 0 Å². The lowest BCUT2D eigenvalue weighted by atomic mass is 10.0. The van der Waals surface area contributed by atoms with E-state index in [1.807, 2.05) is 12.1 Å². The largest absolute Gasteiger partial charge is 0.508 e. The molecule has 3 nitrogen and oxygen atoms in total. The van der Waals surface area contributed by atoms with Gasteiger partial charge in [-0.1, -0.05) is 24.3 Å². The molecule has 104 valence electrons. The molecule has 3 atom stereocenters. The van der Waals surface area contributed by atoms with Crippen molar-refractivity contribution in [1.29, 1.82) is 0 Å². The minimum absolute atomic E-state index is 0.247. The van der Waals surface area contributed by atoms with Gasteiger partial charge in [-0.2, -0.15) is 0 Å². The Kier molecular flexibility index (Phi) is 5.00. The van der Waals surface area contributed by atoms with Crippen LogP contribution in [0.1, 0.15) is 25.3 Å².